The summed E-state index contributed by atoms with van der Waals surface area (Å²) in [4.78, 5) is 15.3. The first-order chi connectivity index (χ1) is 18.9. The number of amides is 1. The van der Waals surface area contributed by atoms with Gasteiger partial charge in [-0.2, -0.15) is 0 Å². The first-order valence-corrected chi connectivity index (χ1v) is 15.7. The van der Waals surface area contributed by atoms with Gasteiger partial charge in [0.1, 0.15) is 0 Å². The van der Waals surface area contributed by atoms with E-state index in [1.807, 2.05) is 41.3 Å². The van der Waals surface area contributed by atoms with Crippen molar-refractivity contribution in [2.45, 2.75) is 44.8 Å². The maximum atomic E-state index is 13.3. The summed E-state index contributed by atoms with van der Waals surface area (Å²) in [5, 5.41) is 2.52. The second-order valence-corrected chi connectivity index (χ2v) is 15.5. The van der Waals surface area contributed by atoms with E-state index in [2.05, 4.69) is 112 Å². The fourth-order valence-electron chi connectivity index (χ4n) is 5.82. The lowest BCUT2D eigenvalue weighted by Gasteiger charge is -2.43. The molecule has 1 aliphatic heterocycles. The fraction of sp³-hybridized carbons (Fsp3) is 0.229. The molecule has 4 heteroatoms. The van der Waals surface area contributed by atoms with Crippen LogP contribution in [0.3, 0.4) is 0 Å². The molecule has 4 aromatic rings. The molecule has 0 N–H and O–H groups in total. The third-order valence-corrected chi connectivity index (χ3v) is 12.7. The lowest BCUT2D eigenvalue weighted by Crippen LogP contribution is -2.66. The molecule has 0 bridgehead atoms. The van der Waals surface area contributed by atoms with E-state index in [0.29, 0.717) is 13.2 Å². The molecular formula is C35H37NO2Si. The zero-order valence-corrected chi connectivity index (χ0v) is 24.1. The Balaban J connectivity index is 1.38. The van der Waals surface area contributed by atoms with Crippen molar-refractivity contribution in [2.75, 3.05) is 6.61 Å². The molecule has 0 saturated carbocycles. The molecule has 5 rings (SSSR count). The van der Waals surface area contributed by atoms with Crippen molar-refractivity contribution < 1.29 is 9.22 Å². The van der Waals surface area contributed by atoms with E-state index in [1.54, 1.807) is 0 Å². The number of benzene rings is 4. The van der Waals surface area contributed by atoms with Crippen LogP contribution in [-0.2, 0) is 11.0 Å². The van der Waals surface area contributed by atoms with Crippen LogP contribution >= 0.6 is 0 Å². The minimum absolute atomic E-state index is 0.0529. The Morgan fingerprint density at radius 2 is 1.31 bits per heavy atom. The van der Waals surface area contributed by atoms with Crippen molar-refractivity contribution in [1.29, 1.82) is 0 Å². The van der Waals surface area contributed by atoms with Crippen LogP contribution in [0.25, 0.3) is 0 Å². The van der Waals surface area contributed by atoms with Crippen LogP contribution in [0.4, 0.5) is 0 Å². The van der Waals surface area contributed by atoms with Crippen LogP contribution in [0.15, 0.2) is 127 Å². The molecule has 1 amide bonds. The molecule has 1 heterocycles. The molecule has 3 nitrogen and oxygen atoms in total. The number of fused-ring (bicyclic) bond motifs is 1. The maximum absolute atomic E-state index is 13.3. The van der Waals surface area contributed by atoms with Gasteiger partial charge in [-0.05, 0) is 39.0 Å². The van der Waals surface area contributed by atoms with Crippen LogP contribution in [0.2, 0.25) is 5.04 Å². The lowest BCUT2D eigenvalue weighted by atomic mass is 10.0. The monoisotopic (exact) mass is 531 g/mol. The summed E-state index contributed by atoms with van der Waals surface area (Å²) in [7, 11) is -2.56. The Morgan fingerprint density at radius 3 is 1.90 bits per heavy atom. The van der Waals surface area contributed by atoms with Gasteiger partial charge in [0, 0.05) is 18.7 Å². The Hall–Kier alpha value is -3.73. The average Bonchev–Trinajstić information content (AvgIpc) is 3.22. The number of nitrogens with zero attached hydrogens (tertiary/aromatic N) is 1. The largest absolute Gasteiger partial charge is 0.407 e. The molecule has 0 saturated heterocycles. The molecule has 39 heavy (non-hydrogen) atoms. The topological polar surface area (TPSA) is 29.5 Å². The SMILES string of the molecule is CC(C)(C)[Si](OCC/C=C/C1c2ccccc2C(=O)N1Cc1ccccc1)(c1ccccc1)c1ccccc1. The molecule has 4 aromatic carbocycles. The summed E-state index contributed by atoms with van der Waals surface area (Å²) in [6.07, 6.45) is 5.15. The fourth-order valence-corrected chi connectivity index (χ4v) is 10.4. The number of hydrogen-bond donors (Lipinski definition) is 0. The summed E-state index contributed by atoms with van der Waals surface area (Å²) in [6, 6.07) is 39.6. The van der Waals surface area contributed by atoms with Crippen molar-refractivity contribution in [3.8, 4) is 0 Å². The Labute approximate surface area is 233 Å². The van der Waals surface area contributed by atoms with Crippen molar-refractivity contribution in [3.63, 3.8) is 0 Å². The Bertz CT molecular complexity index is 1370. The maximum Gasteiger partial charge on any atom is 0.261 e. The van der Waals surface area contributed by atoms with Gasteiger partial charge < -0.3 is 9.33 Å². The first-order valence-electron chi connectivity index (χ1n) is 13.8. The highest BCUT2D eigenvalue weighted by molar-refractivity contribution is 6.99. The van der Waals surface area contributed by atoms with Crippen molar-refractivity contribution in [2.24, 2.45) is 0 Å². The Kier molecular flexibility index (Phi) is 7.96. The van der Waals surface area contributed by atoms with Crippen molar-refractivity contribution in [3.05, 3.63) is 144 Å². The van der Waals surface area contributed by atoms with Gasteiger partial charge in [-0.3, -0.25) is 4.79 Å². The smallest absolute Gasteiger partial charge is 0.261 e. The number of rotatable bonds is 9. The molecule has 0 aromatic heterocycles. The van der Waals surface area contributed by atoms with Gasteiger partial charge in [-0.25, -0.2) is 0 Å². The van der Waals surface area contributed by atoms with E-state index in [-0.39, 0.29) is 17.0 Å². The molecule has 0 spiro atoms. The van der Waals surface area contributed by atoms with Crippen molar-refractivity contribution >= 4 is 24.6 Å². The molecule has 1 atom stereocenters. The second kappa shape index (κ2) is 11.6. The van der Waals surface area contributed by atoms with Crippen LogP contribution in [0.1, 0.15) is 54.7 Å². The predicted molar refractivity (Wildman–Crippen MR) is 163 cm³/mol. The summed E-state index contributed by atoms with van der Waals surface area (Å²) < 4.78 is 7.05. The minimum atomic E-state index is -2.56. The standard InChI is InChI=1S/C35H37NO2Si/c1-35(2,3)39(29-19-9-5-10-20-29,30-21-11-6-12-22-30)38-26-16-15-25-33-31-23-13-14-24-32(31)34(37)36(33)27-28-17-7-4-8-18-28/h4-15,17-25,33H,16,26-27H2,1-3H3/b25-15+. The van der Waals surface area contributed by atoms with E-state index in [0.717, 1.165) is 23.1 Å². The number of carbonyl (C=O) groups is 1. The van der Waals surface area contributed by atoms with E-state index < -0.39 is 8.32 Å². The van der Waals surface area contributed by atoms with Crippen LogP contribution in [-0.4, -0.2) is 25.7 Å². The summed E-state index contributed by atoms with van der Waals surface area (Å²) in [5.74, 6) is 0.0904. The quantitative estimate of drug-likeness (QED) is 0.133. The highest BCUT2D eigenvalue weighted by Crippen LogP contribution is 2.38. The first kappa shape index (κ1) is 26.9. The van der Waals surface area contributed by atoms with E-state index in [1.165, 1.54) is 10.4 Å². The average molecular weight is 532 g/mol. The third-order valence-electron chi connectivity index (χ3n) is 7.64. The minimum Gasteiger partial charge on any atom is -0.407 e. The van der Waals surface area contributed by atoms with Gasteiger partial charge in [-0.1, -0.05) is 142 Å². The molecule has 1 aliphatic rings. The zero-order valence-electron chi connectivity index (χ0n) is 23.1. The zero-order chi connectivity index (χ0) is 27.3. The van der Waals surface area contributed by atoms with Gasteiger partial charge in [0.2, 0.25) is 0 Å². The third kappa shape index (κ3) is 5.40. The van der Waals surface area contributed by atoms with E-state index in [4.69, 9.17) is 4.43 Å². The normalized spacial score (nSPS) is 15.6. The summed E-state index contributed by atoms with van der Waals surface area (Å²) in [5.41, 5.74) is 3.00. The van der Waals surface area contributed by atoms with Gasteiger partial charge >= 0.3 is 0 Å². The molecule has 198 valence electrons. The van der Waals surface area contributed by atoms with Gasteiger partial charge in [-0.15, -0.1) is 0 Å². The summed E-state index contributed by atoms with van der Waals surface area (Å²) in [6.45, 7) is 8.11. The molecule has 0 aliphatic carbocycles. The lowest BCUT2D eigenvalue weighted by molar-refractivity contribution is 0.0740. The van der Waals surface area contributed by atoms with Crippen LogP contribution in [0.5, 0.6) is 0 Å². The molecular weight excluding hydrogens is 494 g/mol. The number of hydrogen-bond acceptors (Lipinski definition) is 2. The summed E-state index contributed by atoms with van der Waals surface area (Å²) >= 11 is 0. The molecule has 1 unspecified atom stereocenters. The predicted octanol–water partition coefficient (Wildman–Crippen LogP) is 6.91. The van der Waals surface area contributed by atoms with Gasteiger partial charge in [0.05, 0.1) is 6.04 Å². The van der Waals surface area contributed by atoms with E-state index >= 15 is 0 Å². The second-order valence-electron chi connectivity index (χ2n) is 11.2. The molecule has 0 radical (unpaired) electrons. The van der Waals surface area contributed by atoms with E-state index in [9.17, 15) is 4.79 Å². The highest BCUT2D eigenvalue weighted by Gasteiger charge is 2.49. The van der Waals surface area contributed by atoms with Gasteiger partial charge in [0.25, 0.3) is 14.2 Å². The van der Waals surface area contributed by atoms with Gasteiger partial charge in [0.15, 0.2) is 0 Å². The molecule has 0 fully saturated rings. The number of carbonyl (C=O) groups excluding carboxylic acids is 1. The van der Waals surface area contributed by atoms with Crippen LogP contribution in [0, 0.1) is 0 Å². The Morgan fingerprint density at radius 1 is 0.769 bits per heavy atom. The van der Waals surface area contributed by atoms with Crippen molar-refractivity contribution in [1.82, 2.24) is 4.90 Å². The van der Waals surface area contributed by atoms with Crippen LogP contribution < -0.4 is 10.4 Å². The highest BCUT2D eigenvalue weighted by atomic mass is 28.4.